The van der Waals surface area contributed by atoms with Crippen molar-refractivity contribution in [1.82, 2.24) is 5.32 Å². The van der Waals surface area contributed by atoms with Crippen molar-refractivity contribution in [2.24, 2.45) is 5.92 Å². The normalized spacial score (nSPS) is 13.6. The van der Waals surface area contributed by atoms with Crippen LogP contribution in [0.2, 0.25) is 0 Å². The summed E-state index contributed by atoms with van der Waals surface area (Å²) in [5.41, 5.74) is 0. The minimum atomic E-state index is -0.295. The Labute approximate surface area is 122 Å². The second kappa shape index (κ2) is 11.7. The molecule has 0 saturated heterocycles. The highest BCUT2D eigenvalue weighted by Crippen LogP contribution is 2.12. The monoisotopic (exact) mass is 287 g/mol. The standard InChI is InChI=1S/C15H29NO4/c1-5-9-12(10-14(17)19-7-3)11-16-13(6-2)15(18)20-8-4/h12-13,16H,5-11H2,1-4H3. The van der Waals surface area contributed by atoms with Crippen LogP contribution in [0.4, 0.5) is 0 Å². The predicted molar refractivity (Wildman–Crippen MR) is 78.4 cm³/mol. The van der Waals surface area contributed by atoms with Gasteiger partial charge >= 0.3 is 11.9 Å². The molecule has 0 aromatic carbocycles. The highest BCUT2D eigenvalue weighted by molar-refractivity contribution is 5.75. The molecule has 0 saturated carbocycles. The van der Waals surface area contributed by atoms with Crippen LogP contribution in [0, 0.1) is 5.92 Å². The quantitative estimate of drug-likeness (QED) is 0.591. The Bertz CT molecular complexity index is 281. The number of rotatable bonds is 11. The molecule has 0 bridgehead atoms. The summed E-state index contributed by atoms with van der Waals surface area (Å²) >= 11 is 0. The Balaban J connectivity index is 4.28. The van der Waals surface area contributed by atoms with E-state index in [2.05, 4.69) is 12.2 Å². The molecule has 0 aromatic heterocycles. The first-order chi connectivity index (χ1) is 9.58. The fraction of sp³-hybridized carbons (Fsp3) is 0.867. The Morgan fingerprint density at radius 3 is 2.20 bits per heavy atom. The highest BCUT2D eigenvalue weighted by Gasteiger charge is 2.20. The second-order valence-electron chi connectivity index (χ2n) is 4.78. The molecule has 0 rings (SSSR count). The first-order valence-electron chi connectivity index (χ1n) is 7.64. The third-order valence-corrected chi connectivity index (χ3v) is 3.09. The van der Waals surface area contributed by atoms with E-state index in [1.807, 2.05) is 6.92 Å². The van der Waals surface area contributed by atoms with E-state index in [1.54, 1.807) is 13.8 Å². The molecule has 20 heavy (non-hydrogen) atoms. The van der Waals surface area contributed by atoms with Crippen molar-refractivity contribution in [3.05, 3.63) is 0 Å². The van der Waals surface area contributed by atoms with Crippen LogP contribution < -0.4 is 5.32 Å². The van der Waals surface area contributed by atoms with Gasteiger partial charge in [-0.2, -0.15) is 0 Å². The maximum atomic E-state index is 11.7. The number of esters is 2. The van der Waals surface area contributed by atoms with Gasteiger partial charge in [-0.1, -0.05) is 20.3 Å². The van der Waals surface area contributed by atoms with Crippen LogP contribution in [0.25, 0.3) is 0 Å². The van der Waals surface area contributed by atoms with Crippen molar-refractivity contribution in [2.75, 3.05) is 19.8 Å². The van der Waals surface area contributed by atoms with Gasteiger partial charge in [-0.25, -0.2) is 0 Å². The van der Waals surface area contributed by atoms with Crippen LogP contribution in [0.3, 0.4) is 0 Å². The zero-order valence-electron chi connectivity index (χ0n) is 13.2. The van der Waals surface area contributed by atoms with Gasteiger partial charge in [0.15, 0.2) is 0 Å². The number of nitrogens with one attached hydrogen (secondary N) is 1. The SMILES string of the molecule is CCCC(CNC(CC)C(=O)OCC)CC(=O)OCC. The Morgan fingerprint density at radius 1 is 1.05 bits per heavy atom. The topological polar surface area (TPSA) is 64.6 Å². The Kier molecular flexibility index (Phi) is 11.1. The molecule has 5 nitrogen and oxygen atoms in total. The molecule has 0 aromatic rings. The maximum absolute atomic E-state index is 11.7. The molecule has 0 spiro atoms. The highest BCUT2D eigenvalue weighted by atomic mass is 16.5. The lowest BCUT2D eigenvalue weighted by Crippen LogP contribution is -2.40. The second-order valence-corrected chi connectivity index (χ2v) is 4.78. The van der Waals surface area contributed by atoms with Gasteiger partial charge in [0.2, 0.25) is 0 Å². The third kappa shape index (κ3) is 8.15. The van der Waals surface area contributed by atoms with Crippen LogP contribution in [0.5, 0.6) is 0 Å². The summed E-state index contributed by atoms with van der Waals surface area (Å²) in [5.74, 6) is -0.194. The summed E-state index contributed by atoms with van der Waals surface area (Å²) in [6.45, 7) is 9.05. The molecule has 2 unspecified atom stereocenters. The lowest BCUT2D eigenvalue weighted by atomic mass is 9.99. The summed E-state index contributed by atoms with van der Waals surface area (Å²) in [7, 11) is 0. The predicted octanol–water partition coefficient (Wildman–Crippen LogP) is 2.29. The molecule has 5 heteroatoms. The summed E-state index contributed by atoms with van der Waals surface area (Å²) in [6, 6.07) is -0.295. The minimum absolute atomic E-state index is 0.170. The van der Waals surface area contributed by atoms with E-state index in [0.29, 0.717) is 32.6 Å². The van der Waals surface area contributed by atoms with Gasteiger partial charge in [-0.05, 0) is 39.2 Å². The number of ether oxygens (including phenoxy) is 2. The number of hydrogen-bond acceptors (Lipinski definition) is 5. The zero-order valence-corrected chi connectivity index (χ0v) is 13.2. The van der Waals surface area contributed by atoms with Gasteiger partial charge in [0, 0.05) is 6.42 Å². The number of carbonyl (C=O) groups is 2. The van der Waals surface area contributed by atoms with Crippen molar-refractivity contribution in [3.8, 4) is 0 Å². The van der Waals surface area contributed by atoms with E-state index in [4.69, 9.17) is 9.47 Å². The van der Waals surface area contributed by atoms with E-state index in [0.717, 1.165) is 12.8 Å². The fourth-order valence-electron chi connectivity index (χ4n) is 2.09. The molecule has 1 N–H and O–H groups in total. The van der Waals surface area contributed by atoms with Crippen molar-refractivity contribution in [2.45, 2.75) is 59.4 Å². The molecule has 0 amide bonds. The van der Waals surface area contributed by atoms with E-state index >= 15 is 0 Å². The van der Waals surface area contributed by atoms with Crippen molar-refractivity contribution in [3.63, 3.8) is 0 Å². The van der Waals surface area contributed by atoms with E-state index in [-0.39, 0.29) is 23.9 Å². The van der Waals surface area contributed by atoms with E-state index < -0.39 is 0 Å². The van der Waals surface area contributed by atoms with Gasteiger partial charge in [0.1, 0.15) is 6.04 Å². The van der Waals surface area contributed by atoms with Crippen LogP contribution in [0.15, 0.2) is 0 Å². The van der Waals surface area contributed by atoms with Crippen LogP contribution >= 0.6 is 0 Å². The van der Waals surface area contributed by atoms with Gasteiger partial charge in [-0.3, -0.25) is 9.59 Å². The number of hydrogen-bond donors (Lipinski definition) is 1. The molecule has 0 aliphatic rings. The van der Waals surface area contributed by atoms with Crippen LogP contribution in [-0.4, -0.2) is 37.7 Å². The summed E-state index contributed by atoms with van der Waals surface area (Å²) in [5, 5.41) is 3.20. The van der Waals surface area contributed by atoms with Gasteiger partial charge in [0.05, 0.1) is 13.2 Å². The molecular formula is C15H29NO4. The van der Waals surface area contributed by atoms with Gasteiger partial charge < -0.3 is 14.8 Å². The molecule has 0 aliphatic heterocycles. The third-order valence-electron chi connectivity index (χ3n) is 3.09. The van der Waals surface area contributed by atoms with Gasteiger partial charge in [0.25, 0.3) is 0 Å². The molecule has 118 valence electrons. The van der Waals surface area contributed by atoms with Crippen molar-refractivity contribution < 1.29 is 19.1 Å². The summed E-state index contributed by atoms with van der Waals surface area (Å²) in [6.07, 6.45) is 3.01. The van der Waals surface area contributed by atoms with Crippen molar-refractivity contribution >= 4 is 11.9 Å². The summed E-state index contributed by atoms with van der Waals surface area (Å²) < 4.78 is 9.99. The smallest absolute Gasteiger partial charge is 0.323 e. The maximum Gasteiger partial charge on any atom is 0.323 e. The summed E-state index contributed by atoms with van der Waals surface area (Å²) in [4.78, 5) is 23.2. The van der Waals surface area contributed by atoms with Crippen molar-refractivity contribution in [1.29, 1.82) is 0 Å². The fourth-order valence-corrected chi connectivity index (χ4v) is 2.09. The van der Waals surface area contributed by atoms with Gasteiger partial charge in [-0.15, -0.1) is 0 Å². The molecule has 0 aliphatic carbocycles. The average Bonchev–Trinajstić information content (AvgIpc) is 2.40. The molecular weight excluding hydrogens is 258 g/mol. The lowest BCUT2D eigenvalue weighted by molar-refractivity contribution is -0.145. The van der Waals surface area contributed by atoms with Crippen LogP contribution in [0.1, 0.15) is 53.4 Å². The first kappa shape index (κ1) is 18.9. The first-order valence-corrected chi connectivity index (χ1v) is 7.64. The molecule has 2 atom stereocenters. The Morgan fingerprint density at radius 2 is 1.70 bits per heavy atom. The lowest BCUT2D eigenvalue weighted by Gasteiger charge is -2.20. The number of carbonyl (C=O) groups excluding carboxylic acids is 2. The van der Waals surface area contributed by atoms with Crippen LogP contribution in [-0.2, 0) is 19.1 Å². The average molecular weight is 287 g/mol. The molecule has 0 fully saturated rings. The van der Waals surface area contributed by atoms with E-state index in [9.17, 15) is 9.59 Å². The Hall–Kier alpha value is -1.10. The minimum Gasteiger partial charge on any atom is -0.466 e. The zero-order chi connectivity index (χ0) is 15.4. The largest absolute Gasteiger partial charge is 0.466 e. The molecule has 0 radical (unpaired) electrons. The molecule has 0 heterocycles. The van der Waals surface area contributed by atoms with E-state index in [1.165, 1.54) is 0 Å².